The number of methoxy groups -OCH3 is 1. The van der Waals surface area contributed by atoms with Gasteiger partial charge in [-0.3, -0.25) is 4.68 Å². The van der Waals surface area contributed by atoms with Crippen LogP contribution in [-0.2, 0) is 25.5 Å². The summed E-state index contributed by atoms with van der Waals surface area (Å²) in [5.41, 5.74) is -1.15. The first-order valence-corrected chi connectivity index (χ1v) is 9.15. The molecule has 0 fully saturated rings. The van der Waals surface area contributed by atoms with E-state index in [4.69, 9.17) is 9.47 Å². The molecule has 1 rings (SSSR count). The van der Waals surface area contributed by atoms with Crippen LogP contribution in [0.4, 0.5) is 4.79 Å². The lowest BCUT2D eigenvalue weighted by Gasteiger charge is -2.26. The van der Waals surface area contributed by atoms with Crippen molar-refractivity contribution in [3.8, 4) is 0 Å². The summed E-state index contributed by atoms with van der Waals surface area (Å²) in [6.45, 7) is 10.9. The minimum absolute atomic E-state index is 0.207. The van der Waals surface area contributed by atoms with Crippen LogP contribution in [0.3, 0.4) is 0 Å². The molecule has 1 heterocycles. The molecule has 1 N–H and O–H groups in total. The summed E-state index contributed by atoms with van der Waals surface area (Å²) in [6, 6.07) is 0.695. The first kappa shape index (κ1) is 23.5. The molecule has 9 heteroatoms. The smallest absolute Gasteiger partial charge is 0.408 e. The van der Waals surface area contributed by atoms with E-state index in [1.807, 2.05) is 0 Å². The van der Waals surface area contributed by atoms with Gasteiger partial charge in [0.15, 0.2) is 5.69 Å². The van der Waals surface area contributed by atoms with Gasteiger partial charge in [0.2, 0.25) is 0 Å². The largest absolute Gasteiger partial charge is 0.464 e. The number of carbonyl (C=O) groups is 3. The monoisotopic (exact) mass is 397 g/mol. The Bertz CT molecular complexity index is 685. The molecule has 1 amide bonds. The van der Waals surface area contributed by atoms with Crippen LogP contribution in [-0.4, -0.2) is 52.2 Å². The first-order valence-electron chi connectivity index (χ1n) is 9.15. The lowest BCUT2D eigenvalue weighted by Crippen LogP contribution is -2.46. The molecule has 0 saturated heterocycles. The summed E-state index contributed by atoms with van der Waals surface area (Å²) in [7, 11) is 1.29. The minimum Gasteiger partial charge on any atom is -0.464 e. The number of amides is 1. The highest BCUT2D eigenvalue weighted by Crippen LogP contribution is 2.13. The lowest BCUT2D eigenvalue weighted by atomic mass is 10.1. The number of nitrogens with one attached hydrogen (secondary N) is 1. The number of aryl methyl sites for hydroxylation is 1. The number of ether oxygens (including phenoxy) is 3. The average Bonchev–Trinajstić information content (AvgIpc) is 2.98. The number of aromatic nitrogens is 2. The van der Waals surface area contributed by atoms with Crippen LogP contribution in [0, 0.1) is 0 Å². The molecular weight excluding hydrogens is 366 g/mol. The molecule has 28 heavy (non-hydrogen) atoms. The van der Waals surface area contributed by atoms with Crippen LogP contribution in [0.15, 0.2) is 12.3 Å². The Morgan fingerprint density at radius 1 is 1.11 bits per heavy atom. The Kier molecular flexibility index (Phi) is 8.01. The topological polar surface area (TPSA) is 109 Å². The molecule has 0 aromatic carbocycles. The van der Waals surface area contributed by atoms with Gasteiger partial charge in [0.1, 0.15) is 17.2 Å². The molecule has 0 aliphatic carbocycles. The predicted molar refractivity (Wildman–Crippen MR) is 102 cm³/mol. The van der Waals surface area contributed by atoms with Crippen molar-refractivity contribution >= 4 is 18.0 Å². The molecule has 1 atom stereocenters. The number of hydrogen-bond donors (Lipinski definition) is 1. The van der Waals surface area contributed by atoms with Gasteiger partial charge in [-0.15, -0.1) is 0 Å². The van der Waals surface area contributed by atoms with Gasteiger partial charge >= 0.3 is 18.0 Å². The molecule has 0 radical (unpaired) electrons. The van der Waals surface area contributed by atoms with Gasteiger partial charge in [0.25, 0.3) is 0 Å². The number of hydrogen-bond acceptors (Lipinski definition) is 7. The highest BCUT2D eigenvalue weighted by atomic mass is 16.6. The van der Waals surface area contributed by atoms with E-state index in [2.05, 4.69) is 15.2 Å². The van der Waals surface area contributed by atoms with Crippen LogP contribution in [0.1, 0.15) is 64.9 Å². The van der Waals surface area contributed by atoms with Crippen LogP contribution < -0.4 is 5.32 Å². The zero-order chi connectivity index (χ0) is 21.5. The maximum Gasteiger partial charge on any atom is 0.408 e. The lowest BCUT2D eigenvalue weighted by molar-refractivity contribution is -0.157. The molecule has 0 aliphatic heterocycles. The van der Waals surface area contributed by atoms with Crippen molar-refractivity contribution in [3.63, 3.8) is 0 Å². The Morgan fingerprint density at radius 3 is 2.25 bits per heavy atom. The molecule has 9 nitrogen and oxygen atoms in total. The van der Waals surface area contributed by atoms with Crippen molar-refractivity contribution in [3.05, 3.63) is 18.0 Å². The third-order valence-electron chi connectivity index (χ3n) is 3.30. The van der Waals surface area contributed by atoms with Crippen molar-refractivity contribution in [1.29, 1.82) is 0 Å². The molecule has 0 unspecified atom stereocenters. The number of alkyl carbamates (subject to hydrolysis) is 1. The third kappa shape index (κ3) is 8.88. The van der Waals surface area contributed by atoms with Gasteiger partial charge < -0.3 is 19.5 Å². The molecule has 1 aromatic rings. The summed E-state index contributed by atoms with van der Waals surface area (Å²) in [5, 5.41) is 6.68. The van der Waals surface area contributed by atoms with Crippen LogP contribution in [0.2, 0.25) is 0 Å². The standard InChI is InChI=1S/C19H31N3O6/c1-18(2,3)27-16(24)13(20-17(25)28-19(4,5)6)9-8-11-22-12-10-14(21-22)15(23)26-7/h10,12-13H,8-9,11H2,1-7H3,(H,20,25)/t13-/m0/s1. The van der Waals surface area contributed by atoms with E-state index < -0.39 is 35.3 Å². The average molecular weight is 397 g/mol. The fourth-order valence-electron chi connectivity index (χ4n) is 2.23. The van der Waals surface area contributed by atoms with E-state index in [0.717, 1.165) is 0 Å². The van der Waals surface area contributed by atoms with E-state index in [1.54, 1.807) is 58.5 Å². The summed E-state index contributed by atoms with van der Waals surface area (Å²) in [6.07, 6.45) is 1.80. The highest BCUT2D eigenvalue weighted by Gasteiger charge is 2.28. The maximum atomic E-state index is 12.5. The van der Waals surface area contributed by atoms with Crippen molar-refractivity contribution in [1.82, 2.24) is 15.1 Å². The summed E-state index contributed by atoms with van der Waals surface area (Å²) in [5.74, 6) is -1.05. The molecule has 1 aromatic heterocycles. The quantitative estimate of drug-likeness (QED) is 0.556. The van der Waals surface area contributed by atoms with E-state index in [-0.39, 0.29) is 5.69 Å². The first-order chi connectivity index (χ1) is 12.8. The molecular formula is C19H31N3O6. The van der Waals surface area contributed by atoms with Gasteiger partial charge in [0, 0.05) is 12.7 Å². The van der Waals surface area contributed by atoms with E-state index in [1.165, 1.54) is 7.11 Å². The second kappa shape index (κ2) is 9.57. The number of esters is 2. The molecule has 158 valence electrons. The number of nitrogens with zero attached hydrogens (tertiary/aromatic N) is 2. The fourth-order valence-corrected chi connectivity index (χ4v) is 2.23. The van der Waals surface area contributed by atoms with Crippen LogP contribution >= 0.6 is 0 Å². The van der Waals surface area contributed by atoms with Gasteiger partial charge in [-0.25, -0.2) is 14.4 Å². The number of carbonyl (C=O) groups excluding carboxylic acids is 3. The zero-order valence-corrected chi connectivity index (χ0v) is 17.7. The molecule has 0 spiro atoms. The Hall–Kier alpha value is -2.58. The van der Waals surface area contributed by atoms with E-state index >= 15 is 0 Å². The van der Waals surface area contributed by atoms with Gasteiger partial charge in [-0.1, -0.05) is 0 Å². The number of rotatable bonds is 7. The Labute approximate surface area is 165 Å². The molecule has 0 aliphatic rings. The van der Waals surface area contributed by atoms with Crippen molar-refractivity contribution in [2.45, 2.75) is 78.2 Å². The van der Waals surface area contributed by atoms with E-state index in [0.29, 0.717) is 19.4 Å². The molecule has 0 saturated carbocycles. The fraction of sp³-hybridized carbons (Fsp3) is 0.684. The van der Waals surface area contributed by atoms with Crippen LogP contribution in [0.25, 0.3) is 0 Å². The predicted octanol–water partition coefficient (Wildman–Crippen LogP) is 2.68. The highest BCUT2D eigenvalue weighted by molar-refractivity contribution is 5.86. The summed E-state index contributed by atoms with van der Waals surface area (Å²) in [4.78, 5) is 36.0. The second-order valence-electron chi connectivity index (χ2n) is 8.33. The van der Waals surface area contributed by atoms with Crippen molar-refractivity contribution in [2.75, 3.05) is 7.11 Å². The molecule has 0 bridgehead atoms. The Balaban J connectivity index is 2.71. The maximum absolute atomic E-state index is 12.5. The normalized spacial score (nSPS) is 12.8. The third-order valence-corrected chi connectivity index (χ3v) is 3.30. The van der Waals surface area contributed by atoms with Crippen molar-refractivity contribution in [2.24, 2.45) is 0 Å². The zero-order valence-electron chi connectivity index (χ0n) is 17.7. The van der Waals surface area contributed by atoms with E-state index in [9.17, 15) is 14.4 Å². The van der Waals surface area contributed by atoms with Gasteiger partial charge in [-0.05, 0) is 60.5 Å². The second-order valence-corrected chi connectivity index (χ2v) is 8.33. The SMILES string of the molecule is COC(=O)c1ccn(CCC[C@H](NC(=O)OC(C)(C)C)C(=O)OC(C)(C)C)n1. The van der Waals surface area contributed by atoms with Crippen molar-refractivity contribution < 1.29 is 28.6 Å². The summed E-state index contributed by atoms with van der Waals surface area (Å²) < 4.78 is 16.8. The van der Waals surface area contributed by atoms with Gasteiger partial charge in [0.05, 0.1) is 7.11 Å². The van der Waals surface area contributed by atoms with Gasteiger partial charge in [-0.2, -0.15) is 5.10 Å². The minimum atomic E-state index is -0.857. The Morgan fingerprint density at radius 2 is 1.71 bits per heavy atom. The van der Waals surface area contributed by atoms with Crippen LogP contribution in [0.5, 0.6) is 0 Å². The summed E-state index contributed by atoms with van der Waals surface area (Å²) >= 11 is 0.